The normalized spacial score (nSPS) is 13.0. The highest BCUT2D eigenvalue weighted by atomic mass is 32.2. The second-order valence-corrected chi connectivity index (χ2v) is 8.24. The van der Waals surface area contributed by atoms with E-state index < -0.39 is 15.1 Å². The average molecular weight is 386 g/mol. The number of hydrogen-bond acceptors (Lipinski definition) is 5. The molecule has 1 amide bonds. The zero-order valence-corrected chi connectivity index (χ0v) is 15.6. The first-order valence-corrected chi connectivity index (χ1v) is 10.1. The van der Waals surface area contributed by atoms with Gasteiger partial charge in [0, 0.05) is 29.0 Å². The molecule has 1 unspecified atom stereocenters. The summed E-state index contributed by atoms with van der Waals surface area (Å²) < 4.78 is 26.2. The minimum atomic E-state index is -2.60. The molecule has 8 heteroatoms. The van der Waals surface area contributed by atoms with Crippen LogP contribution in [-0.4, -0.2) is 22.2 Å². The van der Waals surface area contributed by atoms with Gasteiger partial charge in [0.25, 0.3) is 0 Å². The first-order valence-electron chi connectivity index (χ1n) is 7.93. The van der Waals surface area contributed by atoms with Crippen molar-refractivity contribution in [2.24, 2.45) is 0 Å². The molecule has 0 aliphatic carbocycles. The Balaban J connectivity index is 2.18. The molecule has 1 aromatic heterocycles. The highest BCUT2D eigenvalue weighted by Crippen LogP contribution is 2.34. The van der Waals surface area contributed by atoms with Gasteiger partial charge in [-0.2, -0.15) is 0 Å². The van der Waals surface area contributed by atoms with E-state index in [4.69, 9.17) is 9.15 Å². The lowest BCUT2D eigenvalue weighted by Crippen LogP contribution is -2.15. The summed E-state index contributed by atoms with van der Waals surface area (Å²) in [5.74, 6) is 4.01. The van der Waals surface area contributed by atoms with E-state index in [1.165, 1.54) is 31.6 Å². The molecule has 1 heterocycles. The van der Waals surface area contributed by atoms with Gasteiger partial charge in [0.1, 0.15) is 23.3 Å². The largest absolute Gasteiger partial charge is 0.462 e. The number of para-hydroxylation sites is 1. The van der Waals surface area contributed by atoms with E-state index in [2.05, 4.69) is 15.9 Å². The maximum absolute atomic E-state index is 12.6. The summed E-state index contributed by atoms with van der Waals surface area (Å²) in [5.41, 5.74) is 0.227. The Morgan fingerprint density at radius 1 is 1.19 bits per heavy atom. The van der Waals surface area contributed by atoms with E-state index in [0.29, 0.717) is 11.4 Å². The molecule has 3 rings (SSSR count). The maximum atomic E-state index is 12.6. The summed E-state index contributed by atoms with van der Waals surface area (Å²) in [6.07, 6.45) is 2.61. The Kier molecular flexibility index (Phi) is 4.91. The van der Waals surface area contributed by atoms with Crippen molar-refractivity contribution >= 4 is 43.8 Å². The first-order chi connectivity index (χ1) is 12.7. The van der Waals surface area contributed by atoms with Gasteiger partial charge >= 0.3 is 0 Å². The molecule has 0 fully saturated rings. The quantitative estimate of drug-likeness (QED) is 0.656. The van der Waals surface area contributed by atoms with Crippen LogP contribution in [0.25, 0.3) is 11.0 Å². The van der Waals surface area contributed by atoms with Crippen LogP contribution in [0.1, 0.15) is 6.92 Å². The van der Waals surface area contributed by atoms with Gasteiger partial charge in [-0.3, -0.25) is 9.59 Å². The Bertz CT molecular complexity index is 1170. The van der Waals surface area contributed by atoms with Crippen molar-refractivity contribution in [2.45, 2.75) is 6.92 Å². The van der Waals surface area contributed by atoms with Gasteiger partial charge in [0.2, 0.25) is 11.3 Å². The van der Waals surface area contributed by atoms with Crippen LogP contribution in [0.4, 0.5) is 11.4 Å². The number of anilines is 2. The van der Waals surface area contributed by atoms with Gasteiger partial charge in [0.15, 0.2) is 5.75 Å². The molecular weight excluding hydrogens is 368 g/mol. The fourth-order valence-corrected chi connectivity index (χ4v) is 3.07. The molecule has 27 heavy (non-hydrogen) atoms. The predicted molar refractivity (Wildman–Crippen MR) is 108 cm³/mol. The summed E-state index contributed by atoms with van der Waals surface area (Å²) in [4.78, 5) is 23.9. The van der Waals surface area contributed by atoms with E-state index in [1.807, 2.05) is 6.07 Å². The van der Waals surface area contributed by atoms with Gasteiger partial charge in [0.05, 0.1) is 11.1 Å². The fraction of sp³-hybridized carbons (Fsp3) is 0.105. The Hall–Kier alpha value is -3.26. The third-order valence-corrected chi connectivity index (χ3v) is 4.13. The van der Waals surface area contributed by atoms with Crippen LogP contribution in [0.15, 0.2) is 57.9 Å². The summed E-state index contributed by atoms with van der Waals surface area (Å²) in [5, 5.41) is 2.64. The zero-order chi connectivity index (χ0) is 19.6. The monoisotopic (exact) mass is 386 g/mol. The number of amides is 1. The molecule has 2 N–H and O–H groups in total. The van der Waals surface area contributed by atoms with Crippen LogP contribution in [0.3, 0.4) is 0 Å². The van der Waals surface area contributed by atoms with Crippen molar-refractivity contribution in [1.82, 2.24) is 0 Å². The summed E-state index contributed by atoms with van der Waals surface area (Å²) >= 11 is 0. The predicted octanol–water partition coefficient (Wildman–Crippen LogP) is 3.22. The Labute approximate surface area is 156 Å². The number of carbonyl (C=O) groups is 1. The van der Waals surface area contributed by atoms with Crippen molar-refractivity contribution < 1.29 is 18.2 Å². The van der Waals surface area contributed by atoms with Crippen LogP contribution in [0.2, 0.25) is 0 Å². The molecule has 1 atom stereocenters. The lowest BCUT2D eigenvalue weighted by molar-refractivity contribution is -0.114. The average Bonchev–Trinajstić information content (AvgIpc) is 2.58. The molecule has 7 nitrogen and oxygen atoms in total. The van der Waals surface area contributed by atoms with E-state index in [0.717, 1.165) is 0 Å². The van der Waals surface area contributed by atoms with Crippen LogP contribution in [0.5, 0.6) is 11.5 Å². The van der Waals surface area contributed by atoms with Crippen molar-refractivity contribution in [3.05, 3.63) is 59.0 Å². The number of ether oxygens (including phenoxy) is 1. The SMILES string of the molecule is C=S(C)(=O)Nc1cc2occ(NC(C)=O)c(=O)c2cc1Oc1ccccc1. The van der Waals surface area contributed by atoms with Gasteiger partial charge in [-0.05, 0) is 24.1 Å². The number of rotatable bonds is 5. The van der Waals surface area contributed by atoms with E-state index in [9.17, 15) is 13.8 Å². The first kappa shape index (κ1) is 18.5. The summed E-state index contributed by atoms with van der Waals surface area (Å²) in [6.45, 7) is 1.30. The Morgan fingerprint density at radius 3 is 2.52 bits per heavy atom. The number of carbonyl (C=O) groups excluding carboxylic acids is 1. The molecule has 0 saturated heterocycles. The van der Waals surface area contributed by atoms with Gasteiger partial charge < -0.3 is 19.2 Å². The molecule has 140 valence electrons. The van der Waals surface area contributed by atoms with Crippen molar-refractivity contribution in [3.8, 4) is 11.5 Å². The second-order valence-electron chi connectivity index (χ2n) is 6.03. The van der Waals surface area contributed by atoms with Gasteiger partial charge in [-0.1, -0.05) is 18.2 Å². The van der Waals surface area contributed by atoms with Gasteiger partial charge in [-0.15, -0.1) is 0 Å². The molecule has 0 aliphatic heterocycles. The molecule has 0 radical (unpaired) electrons. The number of fused-ring (bicyclic) bond motifs is 1. The fourth-order valence-electron chi connectivity index (χ4n) is 2.44. The third-order valence-electron chi connectivity index (χ3n) is 3.48. The number of nitrogens with one attached hydrogen (secondary N) is 2. The lowest BCUT2D eigenvalue weighted by atomic mass is 10.2. The zero-order valence-electron chi connectivity index (χ0n) is 14.8. The molecular formula is C19H18N2O5S. The smallest absolute Gasteiger partial charge is 0.221 e. The molecule has 3 aromatic rings. The van der Waals surface area contributed by atoms with Crippen LogP contribution < -0.4 is 20.2 Å². The second kappa shape index (κ2) is 7.16. The van der Waals surface area contributed by atoms with Crippen LogP contribution in [0, 0.1) is 0 Å². The van der Waals surface area contributed by atoms with E-state index in [-0.39, 0.29) is 28.3 Å². The van der Waals surface area contributed by atoms with Gasteiger partial charge in [-0.25, -0.2) is 4.21 Å². The standard InChI is InChI=1S/C19H18N2O5S/c1-12(22)20-16-11-25-17-10-15(21-27(2,3)24)18(9-14(17)19(16)23)26-13-7-5-4-6-8-13/h4-11H,2H2,1,3H3,(H,20,22)(H,21,24). The summed E-state index contributed by atoms with van der Waals surface area (Å²) in [7, 11) is -2.60. The van der Waals surface area contributed by atoms with Crippen LogP contribution >= 0.6 is 0 Å². The third kappa shape index (κ3) is 4.48. The van der Waals surface area contributed by atoms with Crippen molar-refractivity contribution in [3.63, 3.8) is 0 Å². The van der Waals surface area contributed by atoms with Crippen LogP contribution in [-0.2, 0) is 14.5 Å². The molecule has 0 aliphatic rings. The lowest BCUT2D eigenvalue weighted by Gasteiger charge is -2.15. The number of benzene rings is 2. The molecule has 0 bridgehead atoms. The van der Waals surface area contributed by atoms with Crippen molar-refractivity contribution in [2.75, 3.05) is 16.3 Å². The molecule has 0 saturated carbocycles. The minimum Gasteiger partial charge on any atom is -0.462 e. The molecule has 0 spiro atoms. The minimum absolute atomic E-state index is 0.0258. The highest BCUT2D eigenvalue weighted by Gasteiger charge is 2.15. The molecule has 2 aromatic carbocycles. The maximum Gasteiger partial charge on any atom is 0.221 e. The number of hydrogen-bond donors (Lipinski definition) is 2. The summed E-state index contributed by atoms with van der Waals surface area (Å²) in [6, 6.07) is 11.9. The van der Waals surface area contributed by atoms with E-state index >= 15 is 0 Å². The van der Waals surface area contributed by atoms with E-state index in [1.54, 1.807) is 24.3 Å². The van der Waals surface area contributed by atoms with Crippen molar-refractivity contribution in [1.29, 1.82) is 0 Å². The topological polar surface area (TPSA) is 97.6 Å². The Morgan fingerprint density at radius 2 is 1.89 bits per heavy atom. The highest BCUT2D eigenvalue weighted by molar-refractivity contribution is 8.00.